The van der Waals surface area contributed by atoms with E-state index in [-0.39, 0.29) is 5.71 Å². The molecular weight excluding hydrogens is 310 g/mol. The van der Waals surface area contributed by atoms with Gasteiger partial charge in [-0.1, -0.05) is 60.7 Å². The lowest BCUT2D eigenvalue weighted by Crippen LogP contribution is -2.16. The Balaban J connectivity index is 1.81. The van der Waals surface area contributed by atoms with Crippen molar-refractivity contribution in [3.8, 4) is 11.3 Å². The molecule has 0 unspecified atom stereocenters. The Morgan fingerprint density at radius 1 is 1.04 bits per heavy atom. The third-order valence-corrected chi connectivity index (χ3v) is 3.83. The van der Waals surface area contributed by atoms with Gasteiger partial charge >= 0.3 is 5.97 Å². The van der Waals surface area contributed by atoms with Crippen LogP contribution in [0.25, 0.3) is 11.3 Å². The fourth-order valence-corrected chi connectivity index (χ4v) is 2.66. The van der Waals surface area contributed by atoms with Gasteiger partial charge in [0.15, 0.2) is 5.71 Å². The third-order valence-electron chi connectivity index (χ3n) is 3.09. The van der Waals surface area contributed by atoms with Gasteiger partial charge in [-0.3, -0.25) is 5.43 Å². The maximum absolute atomic E-state index is 11.4. The highest BCUT2D eigenvalue weighted by atomic mass is 32.1. The molecule has 3 rings (SSSR count). The van der Waals surface area contributed by atoms with Crippen LogP contribution in [-0.4, -0.2) is 21.8 Å². The van der Waals surface area contributed by atoms with Crippen molar-refractivity contribution in [3.05, 3.63) is 71.6 Å². The molecule has 1 aromatic heterocycles. The molecule has 0 saturated carbocycles. The maximum atomic E-state index is 11.4. The number of aromatic nitrogens is 1. The summed E-state index contributed by atoms with van der Waals surface area (Å²) < 4.78 is 0. The number of aliphatic carboxylic acids is 1. The summed E-state index contributed by atoms with van der Waals surface area (Å²) in [7, 11) is 0. The average molecular weight is 323 g/mol. The minimum atomic E-state index is -1.09. The number of anilines is 1. The molecule has 0 fully saturated rings. The van der Waals surface area contributed by atoms with Crippen molar-refractivity contribution in [2.45, 2.75) is 0 Å². The van der Waals surface area contributed by atoms with E-state index in [1.807, 2.05) is 41.8 Å². The van der Waals surface area contributed by atoms with Gasteiger partial charge in [0.05, 0.1) is 5.69 Å². The maximum Gasteiger partial charge on any atom is 0.356 e. The molecule has 3 aromatic rings. The normalized spacial score (nSPS) is 11.2. The topological polar surface area (TPSA) is 74.6 Å². The number of thiazole rings is 1. The molecule has 0 bridgehead atoms. The van der Waals surface area contributed by atoms with Gasteiger partial charge in [0.2, 0.25) is 5.13 Å². The fraction of sp³-hybridized carbons (Fsp3) is 0. The van der Waals surface area contributed by atoms with Gasteiger partial charge in [0, 0.05) is 16.5 Å². The largest absolute Gasteiger partial charge is 0.476 e. The lowest BCUT2D eigenvalue weighted by atomic mass is 10.1. The van der Waals surface area contributed by atoms with Crippen LogP contribution in [0.15, 0.2) is 71.1 Å². The molecule has 0 saturated heterocycles. The average Bonchev–Trinajstić information content (AvgIpc) is 3.05. The number of hydrogen-bond donors (Lipinski definition) is 2. The first kappa shape index (κ1) is 14.9. The number of carbonyl (C=O) groups is 1. The minimum Gasteiger partial charge on any atom is -0.476 e. The van der Waals surface area contributed by atoms with E-state index < -0.39 is 5.97 Å². The molecule has 2 N–H and O–H groups in total. The van der Waals surface area contributed by atoms with Gasteiger partial charge in [-0.15, -0.1) is 11.3 Å². The SMILES string of the molecule is O=C(O)/C(=N\Nc1nc(-c2ccccc2)cs1)c1ccccc1. The molecule has 1 heterocycles. The van der Waals surface area contributed by atoms with E-state index in [0.29, 0.717) is 10.7 Å². The van der Waals surface area contributed by atoms with Crippen molar-refractivity contribution in [3.63, 3.8) is 0 Å². The molecule has 0 atom stereocenters. The lowest BCUT2D eigenvalue weighted by molar-refractivity contribution is -0.129. The molecule has 2 aromatic carbocycles. The van der Waals surface area contributed by atoms with Crippen LogP contribution in [0.2, 0.25) is 0 Å². The van der Waals surface area contributed by atoms with E-state index >= 15 is 0 Å². The van der Waals surface area contributed by atoms with Gasteiger partial charge in [-0.2, -0.15) is 5.10 Å². The lowest BCUT2D eigenvalue weighted by Gasteiger charge is -2.01. The first-order valence-electron chi connectivity index (χ1n) is 6.87. The second kappa shape index (κ2) is 6.85. The van der Waals surface area contributed by atoms with Crippen LogP contribution in [-0.2, 0) is 4.79 Å². The summed E-state index contributed by atoms with van der Waals surface area (Å²) in [6, 6.07) is 18.5. The molecule has 0 aliphatic rings. The summed E-state index contributed by atoms with van der Waals surface area (Å²) >= 11 is 1.37. The van der Waals surface area contributed by atoms with Gasteiger partial charge in [0.1, 0.15) is 0 Å². The van der Waals surface area contributed by atoms with Crippen molar-refractivity contribution in [1.82, 2.24) is 4.98 Å². The highest BCUT2D eigenvalue weighted by Gasteiger charge is 2.12. The number of rotatable bonds is 5. The smallest absolute Gasteiger partial charge is 0.356 e. The fourth-order valence-electron chi connectivity index (χ4n) is 2.00. The summed E-state index contributed by atoms with van der Waals surface area (Å²) in [5.74, 6) is -1.09. The molecule has 0 spiro atoms. The van der Waals surface area contributed by atoms with Crippen molar-refractivity contribution in [2.75, 3.05) is 5.43 Å². The van der Waals surface area contributed by atoms with E-state index in [2.05, 4.69) is 15.5 Å². The second-order valence-electron chi connectivity index (χ2n) is 4.65. The zero-order chi connectivity index (χ0) is 16.1. The van der Waals surface area contributed by atoms with Crippen LogP contribution in [0, 0.1) is 0 Å². The van der Waals surface area contributed by atoms with Crippen LogP contribution in [0.5, 0.6) is 0 Å². The van der Waals surface area contributed by atoms with E-state index in [0.717, 1.165) is 11.3 Å². The van der Waals surface area contributed by atoms with Crippen molar-refractivity contribution in [1.29, 1.82) is 0 Å². The zero-order valence-corrected chi connectivity index (χ0v) is 12.8. The van der Waals surface area contributed by atoms with Crippen molar-refractivity contribution in [2.24, 2.45) is 5.10 Å². The van der Waals surface area contributed by atoms with Gasteiger partial charge in [0.25, 0.3) is 0 Å². The highest BCUT2D eigenvalue weighted by Crippen LogP contribution is 2.24. The van der Waals surface area contributed by atoms with Gasteiger partial charge in [-0.25, -0.2) is 9.78 Å². The Morgan fingerprint density at radius 2 is 1.70 bits per heavy atom. The molecule has 6 heteroatoms. The summed E-state index contributed by atoms with van der Waals surface area (Å²) in [6.45, 7) is 0. The summed E-state index contributed by atoms with van der Waals surface area (Å²) in [4.78, 5) is 15.8. The monoisotopic (exact) mass is 323 g/mol. The summed E-state index contributed by atoms with van der Waals surface area (Å²) in [5, 5.41) is 15.7. The Bertz CT molecular complexity index is 829. The minimum absolute atomic E-state index is 0.0536. The molecule has 0 amide bonds. The second-order valence-corrected chi connectivity index (χ2v) is 5.51. The molecule has 5 nitrogen and oxygen atoms in total. The predicted octanol–water partition coefficient (Wildman–Crippen LogP) is 3.71. The molecular formula is C17H13N3O2S. The third kappa shape index (κ3) is 3.61. The molecule has 0 radical (unpaired) electrons. The quantitative estimate of drug-likeness (QED) is 0.554. The number of carboxylic acid groups (broad SMARTS) is 1. The van der Waals surface area contributed by atoms with Crippen LogP contribution < -0.4 is 5.43 Å². The van der Waals surface area contributed by atoms with Gasteiger partial charge in [-0.05, 0) is 0 Å². The number of nitrogens with zero attached hydrogens (tertiary/aromatic N) is 2. The van der Waals surface area contributed by atoms with Crippen LogP contribution in [0.3, 0.4) is 0 Å². The first-order chi connectivity index (χ1) is 11.2. The van der Waals surface area contributed by atoms with E-state index in [1.54, 1.807) is 24.3 Å². The molecule has 0 aliphatic carbocycles. The summed E-state index contributed by atoms with van der Waals surface area (Å²) in [5.41, 5.74) is 5.04. The Kier molecular flexibility index (Phi) is 4.44. The van der Waals surface area contributed by atoms with Crippen LogP contribution in [0.4, 0.5) is 5.13 Å². The summed E-state index contributed by atoms with van der Waals surface area (Å²) in [6.07, 6.45) is 0. The van der Waals surface area contributed by atoms with Gasteiger partial charge < -0.3 is 5.11 Å². The van der Waals surface area contributed by atoms with Crippen LogP contribution in [0.1, 0.15) is 5.56 Å². The Morgan fingerprint density at radius 3 is 2.35 bits per heavy atom. The van der Waals surface area contributed by atoms with E-state index in [9.17, 15) is 9.90 Å². The molecule has 23 heavy (non-hydrogen) atoms. The molecule has 0 aliphatic heterocycles. The molecule has 114 valence electrons. The van der Waals surface area contributed by atoms with E-state index in [1.165, 1.54) is 11.3 Å². The number of hydrazone groups is 1. The number of carboxylic acids is 1. The van der Waals surface area contributed by atoms with Crippen molar-refractivity contribution < 1.29 is 9.90 Å². The Hall–Kier alpha value is -2.99. The zero-order valence-electron chi connectivity index (χ0n) is 12.0. The number of benzene rings is 2. The first-order valence-corrected chi connectivity index (χ1v) is 7.75. The predicted molar refractivity (Wildman–Crippen MR) is 91.8 cm³/mol. The number of hydrogen-bond acceptors (Lipinski definition) is 5. The number of nitrogens with one attached hydrogen (secondary N) is 1. The van der Waals surface area contributed by atoms with Crippen molar-refractivity contribution >= 4 is 28.1 Å². The Labute approximate surface area is 137 Å². The highest BCUT2D eigenvalue weighted by molar-refractivity contribution is 7.14. The standard InChI is InChI=1S/C17H13N3O2S/c21-16(22)15(13-9-5-2-6-10-13)19-20-17-18-14(11-23-17)12-7-3-1-4-8-12/h1-11H,(H,18,20)(H,21,22)/b19-15-. The van der Waals surface area contributed by atoms with E-state index in [4.69, 9.17) is 0 Å². The van der Waals surface area contributed by atoms with Crippen LogP contribution >= 0.6 is 11.3 Å².